The number of hydrogen-bond acceptors (Lipinski definition) is 10. The number of halogens is 1. The van der Waals surface area contributed by atoms with Gasteiger partial charge in [0.25, 0.3) is 5.91 Å². The number of anilines is 2. The lowest BCUT2D eigenvalue weighted by Gasteiger charge is -2.10. The van der Waals surface area contributed by atoms with Crippen LogP contribution >= 0.6 is 0 Å². The largest absolute Gasteiger partial charge is 0.353 e. The molecule has 12 heteroatoms. The molecule has 0 unspecified atom stereocenters. The maximum Gasteiger partial charge on any atom is 0.270 e. The van der Waals surface area contributed by atoms with Gasteiger partial charge in [-0.1, -0.05) is 11.2 Å². The van der Waals surface area contributed by atoms with Crippen molar-refractivity contribution in [1.82, 2.24) is 35.4 Å². The highest BCUT2D eigenvalue weighted by molar-refractivity contribution is 5.94. The summed E-state index contributed by atoms with van der Waals surface area (Å²) in [5, 5.41) is 9.93. The zero-order chi connectivity index (χ0) is 28.9. The molecule has 5 aromatic rings. The molecule has 0 aliphatic rings. The predicted octanol–water partition coefficient (Wildman–Crippen LogP) is 4.77. The molecule has 0 aromatic carbocycles. The quantitative estimate of drug-likeness (QED) is 0.261. The van der Waals surface area contributed by atoms with Crippen LogP contribution in [0.15, 0.2) is 64.5 Å². The number of aliphatic imine (C=N–C) groups is 1. The molecule has 5 heterocycles. The summed E-state index contributed by atoms with van der Waals surface area (Å²) >= 11 is 0. The lowest BCUT2D eigenvalue weighted by molar-refractivity contribution is 0.0945. The van der Waals surface area contributed by atoms with Crippen molar-refractivity contribution < 1.29 is 13.7 Å². The minimum absolute atomic E-state index is 0.249. The Kier molecular flexibility index (Phi) is 7.81. The molecule has 0 bridgehead atoms. The number of aromatic nitrogens is 6. The SMILES string of the molecule is C/N=C\c1cc(Nc2cc(C)nc(-c3cnc(C(=O)NCc4ccc(-c5cc(F)cnc5C)nc4)c(C)c3)n2)no1. The van der Waals surface area contributed by atoms with Gasteiger partial charge in [0.05, 0.1) is 18.1 Å². The normalized spacial score (nSPS) is 11.1. The summed E-state index contributed by atoms with van der Waals surface area (Å²) in [7, 11) is 1.65. The van der Waals surface area contributed by atoms with E-state index < -0.39 is 5.82 Å². The first-order valence-corrected chi connectivity index (χ1v) is 12.6. The minimum Gasteiger partial charge on any atom is -0.353 e. The van der Waals surface area contributed by atoms with Crippen LogP contribution < -0.4 is 10.6 Å². The van der Waals surface area contributed by atoms with Crippen LogP contribution in [0.5, 0.6) is 0 Å². The van der Waals surface area contributed by atoms with Gasteiger partial charge in [0.15, 0.2) is 17.4 Å². The van der Waals surface area contributed by atoms with Crippen molar-refractivity contribution in [1.29, 1.82) is 0 Å². The summed E-state index contributed by atoms with van der Waals surface area (Å²) in [4.78, 5) is 38.7. The average molecular weight is 552 g/mol. The number of nitrogens with zero attached hydrogens (tertiary/aromatic N) is 7. The van der Waals surface area contributed by atoms with Gasteiger partial charge in [-0.3, -0.25) is 24.7 Å². The summed E-state index contributed by atoms with van der Waals surface area (Å²) in [5.74, 6) is 1.23. The molecule has 0 aliphatic heterocycles. The van der Waals surface area contributed by atoms with Crippen molar-refractivity contribution in [2.45, 2.75) is 27.3 Å². The fourth-order valence-electron chi connectivity index (χ4n) is 4.09. The Balaban J connectivity index is 1.26. The van der Waals surface area contributed by atoms with Gasteiger partial charge in [-0.25, -0.2) is 14.4 Å². The zero-order valence-electron chi connectivity index (χ0n) is 22.8. The second kappa shape index (κ2) is 11.8. The Hall–Kier alpha value is -5.39. The molecule has 2 N–H and O–H groups in total. The van der Waals surface area contributed by atoms with Gasteiger partial charge in [0, 0.05) is 60.6 Å². The average Bonchev–Trinajstić information content (AvgIpc) is 3.39. The fraction of sp³-hybridized carbons (Fsp3) is 0.172. The Morgan fingerprint density at radius 3 is 2.61 bits per heavy atom. The van der Waals surface area contributed by atoms with Crippen LogP contribution in [-0.2, 0) is 6.54 Å². The molecule has 0 atom stereocenters. The lowest BCUT2D eigenvalue weighted by Crippen LogP contribution is -2.24. The highest BCUT2D eigenvalue weighted by Crippen LogP contribution is 2.23. The summed E-state index contributed by atoms with van der Waals surface area (Å²) < 4.78 is 18.8. The van der Waals surface area contributed by atoms with Crippen molar-refractivity contribution in [3.8, 4) is 22.6 Å². The van der Waals surface area contributed by atoms with Gasteiger partial charge >= 0.3 is 0 Å². The van der Waals surface area contributed by atoms with Crippen molar-refractivity contribution >= 4 is 23.8 Å². The third-order valence-electron chi connectivity index (χ3n) is 6.05. The standard InChI is InChI=1S/C29H26FN9O2/c1-16-7-20(28-36-17(2)8-25(38-28)37-26-10-22(15-31-4)41-39-26)13-34-27(16)29(40)35-12-19-5-6-24(33-11-19)23-9-21(30)14-32-18(23)3/h5-11,13-15H,12H2,1-4H3,(H,35,40)(H,36,37,38,39)/b31-15-. The van der Waals surface area contributed by atoms with Crippen molar-refractivity contribution in [2.24, 2.45) is 4.99 Å². The lowest BCUT2D eigenvalue weighted by atomic mass is 10.1. The monoisotopic (exact) mass is 551 g/mol. The van der Waals surface area contributed by atoms with E-state index in [-0.39, 0.29) is 12.5 Å². The van der Waals surface area contributed by atoms with Crippen molar-refractivity contribution in [2.75, 3.05) is 12.4 Å². The van der Waals surface area contributed by atoms with Crippen LogP contribution in [0.2, 0.25) is 0 Å². The van der Waals surface area contributed by atoms with E-state index in [2.05, 4.69) is 45.7 Å². The zero-order valence-corrected chi connectivity index (χ0v) is 22.8. The second-order valence-corrected chi connectivity index (χ2v) is 9.26. The summed E-state index contributed by atoms with van der Waals surface area (Å²) in [6.45, 7) is 5.70. The van der Waals surface area contributed by atoms with Gasteiger partial charge in [0.2, 0.25) is 0 Å². The Morgan fingerprint density at radius 2 is 1.85 bits per heavy atom. The third-order valence-corrected chi connectivity index (χ3v) is 6.05. The summed E-state index contributed by atoms with van der Waals surface area (Å²) in [6, 6.07) is 10.3. The second-order valence-electron chi connectivity index (χ2n) is 9.26. The Bertz CT molecular complexity index is 1750. The Morgan fingerprint density at radius 1 is 1.00 bits per heavy atom. The van der Waals surface area contributed by atoms with Crippen LogP contribution in [0, 0.1) is 26.6 Å². The molecular weight excluding hydrogens is 525 g/mol. The summed E-state index contributed by atoms with van der Waals surface area (Å²) in [5.41, 5.74) is 5.04. The molecule has 41 heavy (non-hydrogen) atoms. The van der Waals surface area contributed by atoms with Crippen molar-refractivity contribution in [3.05, 3.63) is 94.8 Å². The minimum atomic E-state index is -0.424. The van der Waals surface area contributed by atoms with Crippen LogP contribution in [0.4, 0.5) is 16.0 Å². The first kappa shape index (κ1) is 27.2. The van der Waals surface area contributed by atoms with Gasteiger partial charge in [-0.2, -0.15) is 0 Å². The summed E-state index contributed by atoms with van der Waals surface area (Å²) in [6.07, 6.45) is 5.94. The predicted molar refractivity (Wildman–Crippen MR) is 151 cm³/mol. The van der Waals surface area contributed by atoms with Crippen molar-refractivity contribution in [3.63, 3.8) is 0 Å². The highest BCUT2D eigenvalue weighted by atomic mass is 19.1. The number of nitrogens with one attached hydrogen (secondary N) is 2. The number of aryl methyl sites for hydroxylation is 3. The van der Waals surface area contributed by atoms with Crippen LogP contribution in [0.1, 0.15) is 38.8 Å². The van der Waals surface area contributed by atoms with E-state index in [9.17, 15) is 9.18 Å². The molecular formula is C29H26FN9O2. The maximum atomic E-state index is 13.6. The molecule has 5 rings (SSSR count). The van der Waals surface area contributed by atoms with E-state index in [1.54, 1.807) is 57.7 Å². The fourth-order valence-corrected chi connectivity index (χ4v) is 4.09. The topological polar surface area (TPSA) is 144 Å². The number of hydrogen-bond donors (Lipinski definition) is 2. The molecule has 11 nitrogen and oxygen atoms in total. The first-order chi connectivity index (χ1) is 19.8. The van der Waals surface area contributed by atoms with Gasteiger partial charge in [-0.05, 0) is 50.1 Å². The van der Waals surface area contributed by atoms with Crippen LogP contribution in [-0.4, -0.2) is 49.2 Å². The molecule has 0 radical (unpaired) electrons. The molecule has 0 saturated carbocycles. The molecule has 0 fully saturated rings. The first-order valence-electron chi connectivity index (χ1n) is 12.6. The van der Waals surface area contributed by atoms with E-state index >= 15 is 0 Å². The number of amides is 1. The number of carbonyl (C=O) groups is 1. The molecule has 5 aromatic heterocycles. The van der Waals surface area contributed by atoms with E-state index in [4.69, 9.17) is 4.52 Å². The smallest absolute Gasteiger partial charge is 0.270 e. The number of carbonyl (C=O) groups excluding carboxylic acids is 1. The van der Waals surface area contributed by atoms with Gasteiger partial charge in [0.1, 0.15) is 17.3 Å². The highest BCUT2D eigenvalue weighted by Gasteiger charge is 2.15. The van der Waals surface area contributed by atoms with E-state index in [0.717, 1.165) is 11.3 Å². The molecule has 1 amide bonds. The van der Waals surface area contributed by atoms with Gasteiger partial charge < -0.3 is 15.2 Å². The molecule has 206 valence electrons. The maximum absolute atomic E-state index is 13.6. The third kappa shape index (κ3) is 6.44. The van der Waals surface area contributed by atoms with E-state index in [1.165, 1.54) is 12.3 Å². The number of rotatable bonds is 8. The molecule has 0 saturated heterocycles. The molecule has 0 aliphatic carbocycles. The van der Waals surface area contributed by atoms with E-state index in [1.807, 2.05) is 19.1 Å². The Labute approximate surface area is 235 Å². The van der Waals surface area contributed by atoms with Crippen LogP contribution in [0.3, 0.4) is 0 Å². The van der Waals surface area contributed by atoms with Crippen LogP contribution in [0.25, 0.3) is 22.6 Å². The molecule has 0 spiro atoms. The van der Waals surface area contributed by atoms with Gasteiger partial charge in [-0.15, -0.1) is 0 Å². The van der Waals surface area contributed by atoms with E-state index in [0.29, 0.717) is 57.0 Å². The number of pyridine rings is 3.